The summed E-state index contributed by atoms with van der Waals surface area (Å²) >= 11 is 0. The molecular weight excluding hydrogens is 1460 g/mol. The predicted molar refractivity (Wildman–Crippen MR) is 453 cm³/mol. The first kappa shape index (κ1) is 85.0. The van der Waals surface area contributed by atoms with E-state index in [1.54, 1.807) is 18.2 Å². The van der Waals surface area contributed by atoms with Crippen LogP contribution in [0.25, 0.3) is 0 Å². The number of allylic oxidation sites excluding steroid dienone is 32. The van der Waals surface area contributed by atoms with Crippen LogP contribution in [0.3, 0.4) is 0 Å². The molecule has 4 aromatic rings. The molecule has 592 valence electrons. The Morgan fingerprint density at radius 3 is 1.28 bits per heavy atom. The van der Waals surface area contributed by atoms with E-state index >= 15 is 0 Å². The van der Waals surface area contributed by atoms with Crippen LogP contribution in [-0.2, 0) is 65.9 Å². The Bertz CT molecular complexity index is 5140. The summed E-state index contributed by atoms with van der Waals surface area (Å²) in [6, 6.07) is 22.9. The number of amides is 2. The molecule has 0 radical (unpaired) electrons. The first-order chi connectivity index (χ1) is 53.8. The van der Waals surface area contributed by atoms with Gasteiger partial charge in [0.2, 0.25) is 11.4 Å². The van der Waals surface area contributed by atoms with Gasteiger partial charge in [-0.3, -0.25) is 23.5 Å². The second-order valence-electron chi connectivity index (χ2n) is 31.6. The Kier molecular flexibility index (Phi) is 28.2. The number of aliphatic carboxylic acids is 1. The maximum absolute atomic E-state index is 12.3. The average Bonchev–Trinajstić information content (AvgIpc) is 1.60. The molecule has 4 aromatic carbocycles. The van der Waals surface area contributed by atoms with Crippen molar-refractivity contribution in [3.05, 3.63) is 299 Å². The minimum absolute atomic E-state index is 0.0468. The number of benzene rings is 4. The summed E-state index contributed by atoms with van der Waals surface area (Å²) in [7, 11) is -8.76. The number of unbranched alkanes of at least 4 members (excludes halogenated alkanes) is 4. The summed E-state index contributed by atoms with van der Waals surface area (Å²) in [5.41, 5.74) is 16.8. The van der Waals surface area contributed by atoms with Crippen molar-refractivity contribution >= 4 is 78.2 Å². The number of hydroxylamine groups is 2. The highest BCUT2D eigenvalue weighted by Gasteiger charge is 2.47. The minimum Gasteiger partial charge on any atom is -0.481 e. The van der Waals surface area contributed by atoms with Gasteiger partial charge in [-0.2, -0.15) is 26.0 Å². The van der Waals surface area contributed by atoms with Crippen LogP contribution in [0.1, 0.15) is 179 Å². The Morgan fingerprint density at radius 2 is 0.858 bits per heavy atom. The van der Waals surface area contributed by atoms with Crippen LogP contribution < -0.4 is 9.80 Å². The zero-order chi connectivity index (χ0) is 81.3. The zero-order valence-corrected chi connectivity index (χ0v) is 68.5. The van der Waals surface area contributed by atoms with E-state index in [-0.39, 0.29) is 46.3 Å². The zero-order valence-electron chi connectivity index (χ0n) is 66.9. The number of carbonyl (C=O) groups excluding carboxylic acids is 3. The molecule has 0 saturated carbocycles. The summed E-state index contributed by atoms with van der Waals surface area (Å²) < 4.78 is 72.1. The van der Waals surface area contributed by atoms with Gasteiger partial charge in [0.15, 0.2) is 11.4 Å². The number of carboxylic acid groups (broad SMARTS) is 1. The van der Waals surface area contributed by atoms with Gasteiger partial charge in [-0.05, 0) is 164 Å². The smallest absolute Gasteiger partial charge is 0.333 e. The molecule has 5 aliphatic heterocycles. The van der Waals surface area contributed by atoms with Crippen molar-refractivity contribution in [1.82, 2.24) is 5.06 Å². The number of fused-ring (bicyclic) bond motifs is 4. The monoisotopic (exact) mass is 1560 g/mol. The van der Waals surface area contributed by atoms with Gasteiger partial charge in [-0.1, -0.05) is 209 Å². The van der Waals surface area contributed by atoms with Gasteiger partial charge in [0.05, 0.1) is 20.6 Å². The minimum atomic E-state index is -4.40. The molecule has 3 N–H and O–H groups in total. The Balaban J connectivity index is 0.000000241. The Hall–Kier alpha value is -10.4. The molecule has 1 saturated heterocycles. The third-order valence-electron chi connectivity index (χ3n) is 21.9. The van der Waals surface area contributed by atoms with Crippen LogP contribution in [0.4, 0.5) is 22.7 Å². The molecule has 0 bridgehead atoms. The first-order valence-electron chi connectivity index (χ1n) is 39.3. The number of imide groups is 1. The molecule has 0 unspecified atom stereocenters. The Labute approximate surface area is 668 Å². The van der Waals surface area contributed by atoms with Gasteiger partial charge in [-0.15, -0.1) is 5.06 Å². The highest BCUT2D eigenvalue weighted by molar-refractivity contribution is 7.86. The number of carboxylic acids is 1. The van der Waals surface area contributed by atoms with E-state index in [0.717, 1.165) is 85.5 Å². The van der Waals surface area contributed by atoms with Crippen molar-refractivity contribution in [2.75, 3.05) is 36.0 Å². The van der Waals surface area contributed by atoms with Gasteiger partial charge in [0, 0.05) is 121 Å². The fourth-order valence-electron chi connectivity index (χ4n) is 15.8. The molecule has 0 spiro atoms. The lowest BCUT2D eigenvalue weighted by Crippen LogP contribution is -2.31. The fraction of sp³-hybridized carbons (Fsp3) is 0.340. The maximum Gasteiger partial charge on any atom is 0.333 e. The number of hydrogen-bond donors (Lipinski definition) is 3. The number of carbonyl (C=O) groups is 4. The summed E-state index contributed by atoms with van der Waals surface area (Å²) in [6.07, 6.45) is 66.5. The first-order valence-corrected chi connectivity index (χ1v) is 42.1. The van der Waals surface area contributed by atoms with Crippen LogP contribution in [0.2, 0.25) is 0 Å². The maximum atomic E-state index is 12.3. The molecular formula is C94H109N5O12S2+2. The predicted octanol–water partition coefficient (Wildman–Crippen LogP) is 19.5. The van der Waals surface area contributed by atoms with Gasteiger partial charge >= 0.3 is 11.9 Å². The number of hydrogen-bond acceptors (Lipinski definition) is 11. The lowest BCUT2D eigenvalue weighted by molar-refractivity contribution is -0.438. The molecule has 113 heavy (non-hydrogen) atoms. The molecule has 19 heteroatoms. The standard InChI is InChI=1S/C49H55N3O7S.C45H52N2O5S/c1-36-26-28-41-39(34-36)48(2,3)43(51(41)33-19-22-37-20-13-8-6-9-14-21-37)23-15-10-7-11-16-24-44-49(4,5)40-35-38(60(56,57)58)27-29-42(40)50(44)32-18-12-17-25-47(55)59-52-45(53)30-31-46(52)54;1-34-26-28-39-37(32-34)44(2,3)41(47(39)31-19-22-35-20-13-8-6-9-14-21-35)23-15-10-7-11-16-24-42-45(4,5)38-33-36(53(50,51)52)27-29-40(38)46(42)30-18-12-17-25-43(48)49/h6-11,13-16,20-21,23-24,26-29,34-35H,12,17-19,22,25,30-33H2,1-5H3;6-11,13-16,20-21,23-24,26-29,32-33H,12,17-19,22,25,30-31H2,1-5H3,(H-,48,49,50,51,52)/p+2/b8-6-,9-6?,13-8?,14-9-,20-13?,21-14?,37-20?,37-21?;8-6-,9-6?,13-8?,14-9-,20-13?,21-14?,35-20?,35-21?. The van der Waals surface area contributed by atoms with E-state index in [1.165, 1.54) is 74.4 Å². The van der Waals surface area contributed by atoms with Crippen molar-refractivity contribution in [2.24, 2.45) is 0 Å². The molecule has 0 aromatic heterocycles. The molecule has 11 rings (SSSR count). The molecule has 17 nitrogen and oxygen atoms in total. The molecule has 7 aliphatic rings. The van der Waals surface area contributed by atoms with Crippen LogP contribution in [0, 0.1) is 13.8 Å². The SMILES string of the molecule is Cc1ccc2c(c1)C(C)(C)C(=CC=CC=CC=CC1=[N+](CCCCCC(=O)O)c3ccc(S(=O)(=O)O)cc3C1(C)C)N2CCCC1=C/C=C\C=C/C=C1.Cc1ccc2c(c1)C(C)(C)C(=CC=CC=CC=CC1=[N+](CCCCCC(=O)ON3C(=O)CCC3=O)c3ccc(S(=O)(=O)O)cc3C1(C)C)N2CCCC1=C/C=C\C=C/C=C1. The van der Waals surface area contributed by atoms with E-state index in [2.05, 4.69) is 200 Å². The third kappa shape index (κ3) is 21.1. The van der Waals surface area contributed by atoms with Crippen LogP contribution in [-0.4, -0.2) is 107 Å². The molecule has 2 amide bonds. The van der Waals surface area contributed by atoms with E-state index in [0.29, 0.717) is 43.8 Å². The normalized spacial score (nSPS) is 19.9. The number of anilines is 2. The third-order valence-corrected chi connectivity index (χ3v) is 23.6. The number of aryl methyl sites for hydroxylation is 2. The fourth-order valence-corrected chi connectivity index (χ4v) is 16.8. The molecule has 0 atom stereocenters. The van der Waals surface area contributed by atoms with E-state index in [9.17, 15) is 45.1 Å². The summed E-state index contributed by atoms with van der Waals surface area (Å²) in [5.74, 6) is -2.43. The number of nitrogens with zero attached hydrogens (tertiary/aromatic N) is 5. The quantitative estimate of drug-likeness (QED) is 0.0140. The lowest BCUT2D eigenvalue weighted by Gasteiger charge is -2.27. The second-order valence-corrected chi connectivity index (χ2v) is 34.4. The van der Waals surface area contributed by atoms with Crippen LogP contribution >= 0.6 is 0 Å². The van der Waals surface area contributed by atoms with Crippen molar-refractivity contribution in [3.63, 3.8) is 0 Å². The lowest BCUT2D eigenvalue weighted by atomic mass is 9.81. The second kappa shape index (κ2) is 37.5. The van der Waals surface area contributed by atoms with Crippen molar-refractivity contribution in [2.45, 2.75) is 191 Å². The summed E-state index contributed by atoms with van der Waals surface area (Å²) in [4.78, 5) is 56.6. The highest BCUT2D eigenvalue weighted by Crippen LogP contribution is 2.50. The summed E-state index contributed by atoms with van der Waals surface area (Å²) in [5, 5.41) is 9.61. The average molecular weight is 1570 g/mol. The molecule has 2 aliphatic carbocycles. The van der Waals surface area contributed by atoms with E-state index < -0.39 is 54.8 Å². The van der Waals surface area contributed by atoms with Crippen LogP contribution in [0.5, 0.6) is 0 Å². The molecule has 1 fully saturated rings. The molecule has 5 heterocycles. The van der Waals surface area contributed by atoms with Crippen molar-refractivity contribution in [1.29, 1.82) is 0 Å². The van der Waals surface area contributed by atoms with Gasteiger partial charge < -0.3 is 19.7 Å². The summed E-state index contributed by atoms with van der Waals surface area (Å²) in [6.45, 7) is 24.7. The van der Waals surface area contributed by atoms with E-state index in [1.807, 2.05) is 94.5 Å². The topological polar surface area (TPSA) is 222 Å². The highest BCUT2D eigenvalue weighted by atomic mass is 32.2. The van der Waals surface area contributed by atoms with Gasteiger partial charge in [0.1, 0.15) is 13.1 Å². The largest absolute Gasteiger partial charge is 0.481 e. The van der Waals surface area contributed by atoms with Gasteiger partial charge in [0.25, 0.3) is 32.1 Å². The van der Waals surface area contributed by atoms with E-state index in [4.69, 9.17) is 9.94 Å². The number of rotatable bonds is 31. The van der Waals surface area contributed by atoms with Crippen molar-refractivity contribution < 1.29 is 64.2 Å². The van der Waals surface area contributed by atoms with Crippen LogP contribution in [0.15, 0.2) is 275 Å². The van der Waals surface area contributed by atoms with Gasteiger partial charge in [-0.25, -0.2) is 4.79 Å². The van der Waals surface area contributed by atoms with Crippen molar-refractivity contribution in [3.8, 4) is 0 Å². The Morgan fingerprint density at radius 1 is 0.460 bits per heavy atom.